The van der Waals surface area contributed by atoms with Crippen molar-refractivity contribution >= 4 is 22.8 Å². The molecular weight excluding hydrogens is 367 g/mol. The molecule has 0 N–H and O–H groups in total. The summed E-state index contributed by atoms with van der Waals surface area (Å²) in [5.74, 6) is 1.16. The van der Waals surface area contributed by atoms with Crippen LogP contribution >= 0.6 is 11.8 Å². The van der Waals surface area contributed by atoms with Crippen LogP contribution in [0.3, 0.4) is 0 Å². The van der Waals surface area contributed by atoms with Gasteiger partial charge in [0.05, 0.1) is 22.5 Å². The average molecular weight is 384 g/mol. The van der Waals surface area contributed by atoms with Gasteiger partial charge >= 0.3 is 0 Å². The molecule has 0 radical (unpaired) electrons. The molecule has 0 aliphatic carbocycles. The van der Waals surface area contributed by atoms with Crippen LogP contribution in [0.5, 0.6) is 0 Å². The molecule has 0 saturated heterocycles. The molecule has 1 atom stereocenters. The fourth-order valence-electron chi connectivity index (χ4n) is 2.55. The lowest BCUT2D eigenvalue weighted by Crippen LogP contribution is -1.98. The van der Waals surface area contributed by atoms with Gasteiger partial charge in [-0.3, -0.25) is 0 Å². The average Bonchev–Trinajstić information content (AvgIpc) is 3.30. The number of benzene rings is 1. The summed E-state index contributed by atoms with van der Waals surface area (Å²) in [6.45, 7) is 6.02. The first-order chi connectivity index (χ1) is 13.0. The van der Waals surface area contributed by atoms with Crippen LogP contribution in [0, 0.1) is 5.82 Å². The topological polar surface area (TPSA) is 82.5 Å². The van der Waals surface area contributed by atoms with E-state index >= 15 is 0 Å². The van der Waals surface area contributed by atoms with E-state index in [9.17, 15) is 4.39 Å². The van der Waals surface area contributed by atoms with Crippen LogP contribution in [-0.2, 0) is 0 Å². The number of halogens is 1. The molecule has 4 aromatic rings. The Balaban J connectivity index is 1.65. The highest BCUT2D eigenvalue weighted by molar-refractivity contribution is 7.99. The third kappa shape index (κ3) is 3.42. The molecule has 0 fully saturated rings. The van der Waals surface area contributed by atoms with Gasteiger partial charge in [0.2, 0.25) is 5.89 Å². The van der Waals surface area contributed by atoms with Gasteiger partial charge in [0.15, 0.2) is 11.5 Å². The maximum Gasteiger partial charge on any atom is 0.239 e. The Hall–Kier alpha value is -2.81. The molecule has 0 spiro atoms. The van der Waals surface area contributed by atoms with E-state index in [0.717, 1.165) is 16.1 Å². The fourth-order valence-corrected chi connectivity index (χ4v) is 3.46. The van der Waals surface area contributed by atoms with E-state index < -0.39 is 0 Å². The largest absolute Gasteiger partial charge is 0.338 e. The van der Waals surface area contributed by atoms with Crippen LogP contribution in [0.15, 0.2) is 46.3 Å². The maximum atomic E-state index is 13.2. The van der Waals surface area contributed by atoms with Gasteiger partial charge in [-0.05, 0) is 31.2 Å². The molecule has 0 amide bonds. The van der Waals surface area contributed by atoms with Crippen molar-refractivity contribution in [2.45, 2.75) is 37.0 Å². The van der Waals surface area contributed by atoms with Gasteiger partial charge < -0.3 is 4.52 Å². The molecule has 1 aromatic carbocycles. The Morgan fingerprint density at radius 3 is 2.59 bits per heavy atom. The summed E-state index contributed by atoms with van der Waals surface area (Å²) in [5.41, 5.74) is 1.38. The molecule has 0 bridgehead atoms. The SMILES string of the molecule is CC(C)c1noc(C(C)Sc2ncnc3c2cnn3-c2ccc(F)cc2)n1. The standard InChI is InChI=1S/C18H17FN6OS/c1-10(2)15-23-17(26-24-15)11(3)27-18-14-8-22-25(16(14)20-9-21-18)13-6-4-12(19)5-7-13/h4-11H,1-3H3. The normalized spacial score (nSPS) is 12.8. The van der Waals surface area contributed by atoms with Gasteiger partial charge in [0.1, 0.15) is 17.2 Å². The van der Waals surface area contributed by atoms with Gasteiger partial charge in [-0.25, -0.2) is 19.0 Å². The number of fused-ring (bicyclic) bond motifs is 1. The van der Waals surface area contributed by atoms with Crippen molar-refractivity contribution in [2.24, 2.45) is 0 Å². The fraction of sp³-hybridized carbons (Fsp3) is 0.278. The van der Waals surface area contributed by atoms with Gasteiger partial charge in [-0.15, -0.1) is 0 Å². The highest BCUT2D eigenvalue weighted by Crippen LogP contribution is 2.36. The lowest BCUT2D eigenvalue weighted by molar-refractivity contribution is 0.373. The highest BCUT2D eigenvalue weighted by atomic mass is 32.2. The summed E-state index contributed by atoms with van der Waals surface area (Å²) in [4.78, 5) is 13.2. The van der Waals surface area contributed by atoms with Gasteiger partial charge in [0, 0.05) is 5.92 Å². The zero-order valence-corrected chi connectivity index (χ0v) is 15.8. The Kier molecular flexibility index (Phi) is 4.61. The second kappa shape index (κ2) is 7.07. The molecule has 0 aliphatic heterocycles. The summed E-state index contributed by atoms with van der Waals surface area (Å²) >= 11 is 1.50. The molecular formula is C18H17FN6OS. The molecule has 0 aliphatic rings. The number of rotatable bonds is 5. The van der Waals surface area contributed by atoms with Crippen molar-refractivity contribution < 1.29 is 8.91 Å². The molecule has 3 heterocycles. The van der Waals surface area contributed by atoms with E-state index in [1.807, 2.05) is 20.8 Å². The van der Waals surface area contributed by atoms with Crippen LogP contribution in [0.1, 0.15) is 43.7 Å². The van der Waals surface area contributed by atoms with Crippen LogP contribution in [0.25, 0.3) is 16.7 Å². The van der Waals surface area contributed by atoms with Crippen LogP contribution in [-0.4, -0.2) is 29.9 Å². The molecule has 1 unspecified atom stereocenters. The van der Waals surface area contributed by atoms with Gasteiger partial charge in [-0.1, -0.05) is 30.8 Å². The van der Waals surface area contributed by atoms with Gasteiger partial charge in [0.25, 0.3) is 0 Å². The first kappa shape index (κ1) is 17.6. The van der Waals surface area contributed by atoms with Crippen LogP contribution in [0.4, 0.5) is 4.39 Å². The summed E-state index contributed by atoms with van der Waals surface area (Å²) < 4.78 is 20.2. The molecule has 4 rings (SSSR count). The quantitative estimate of drug-likeness (QED) is 0.374. The lowest BCUT2D eigenvalue weighted by Gasteiger charge is -2.07. The van der Waals surface area contributed by atoms with Gasteiger partial charge in [-0.2, -0.15) is 10.1 Å². The first-order valence-electron chi connectivity index (χ1n) is 8.47. The number of aromatic nitrogens is 6. The van der Waals surface area contributed by atoms with Crippen molar-refractivity contribution in [3.05, 3.63) is 54.3 Å². The Labute approximate surface area is 159 Å². The van der Waals surface area contributed by atoms with E-state index in [1.165, 1.54) is 30.2 Å². The summed E-state index contributed by atoms with van der Waals surface area (Å²) in [7, 11) is 0. The van der Waals surface area contributed by atoms with Crippen molar-refractivity contribution in [1.29, 1.82) is 0 Å². The second-order valence-corrected chi connectivity index (χ2v) is 7.68. The smallest absolute Gasteiger partial charge is 0.239 e. The minimum absolute atomic E-state index is 0.0720. The van der Waals surface area contributed by atoms with E-state index in [4.69, 9.17) is 4.52 Å². The van der Waals surface area contributed by atoms with E-state index in [2.05, 4.69) is 25.2 Å². The minimum Gasteiger partial charge on any atom is -0.338 e. The number of nitrogens with zero attached hydrogens (tertiary/aromatic N) is 6. The van der Waals surface area contributed by atoms with Crippen LogP contribution < -0.4 is 0 Å². The number of thioether (sulfide) groups is 1. The zero-order valence-electron chi connectivity index (χ0n) is 15.0. The maximum absolute atomic E-state index is 13.2. The molecule has 0 saturated carbocycles. The summed E-state index contributed by atoms with van der Waals surface area (Å²) in [6, 6.07) is 6.10. The molecule has 7 nitrogen and oxygen atoms in total. The number of hydrogen-bond donors (Lipinski definition) is 0. The lowest BCUT2D eigenvalue weighted by atomic mass is 10.2. The van der Waals surface area contributed by atoms with Crippen molar-refractivity contribution in [3.63, 3.8) is 0 Å². The predicted octanol–water partition coefficient (Wildman–Crippen LogP) is 4.31. The Morgan fingerprint density at radius 2 is 1.89 bits per heavy atom. The molecule has 9 heteroatoms. The first-order valence-corrected chi connectivity index (χ1v) is 9.35. The monoisotopic (exact) mass is 384 g/mol. The third-order valence-electron chi connectivity index (χ3n) is 4.01. The Morgan fingerprint density at radius 1 is 1.11 bits per heavy atom. The van der Waals surface area contributed by atoms with Crippen molar-refractivity contribution in [3.8, 4) is 5.69 Å². The summed E-state index contributed by atoms with van der Waals surface area (Å²) in [6.07, 6.45) is 3.20. The number of hydrogen-bond acceptors (Lipinski definition) is 7. The van der Waals surface area contributed by atoms with E-state index in [0.29, 0.717) is 17.4 Å². The summed E-state index contributed by atoms with van der Waals surface area (Å²) in [5, 5.41) is 9.91. The van der Waals surface area contributed by atoms with E-state index in [-0.39, 0.29) is 17.0 Å². The van der Waals surface area contributed by atoms with Crippen LogP contribution in [0.2, 0.25) is 0 Å². The van der Waals surface area contributed by atoms with E-state index in [1.54, 1.807) is 23.0 Å². The highest BCUT2D eigenvalue weighted by Gasteiger charge is 2.20. The van der Waals surface area contributed by atoms with Crippen molar-refractivity contribution in [2.75, 3.05) is 0 Å². The third-order valence-corrected chi connectivity index (χ3v) is 5.11. The molecule has 138 valence electrons. The predicted molar refractivity (Wildman–Crippen MR) is 99.3 cm³/mol. The van der Waals surface area contributed by atoms with Crippen molar-refractivity contribution in [1.82, 2.24) is 29.9 Å². The molecule has 27 heavy (non-hydrogen) atoms. The zero-order chi connectivity index (χ0) is 19.0. The second-order valence-electron chi connectivity index (χ2n) is 6.35. The Bertz CT molecular complexity index is 1080. The minimum atomic E-state index is -0.296. The molecule has 3 aromatic heterocycles.